The van der Waals surface area contributed by atoms with Crippen LogP contribution in [-0.4, -0.2) is 85.1 Å². The number of rotatable bonds is 10. The fourth-order valence-electron chi connectivity index (χ4n) is 8.09. The lowest BCUT2D eigenvalue weighted by molar-refractivity contribution is -0.131. The Bertz CT molecular complexity index is 2620. The average Bonchev–Trinajstić information content (AvgIpc) is 3.53. The standard InChI is InChI=1S/C46H52N8O7S2/c1-29(2)49-44-51-38(28-62-44)37-24-40(34-20-19-32(60-3)22-36(34)50-37)61-33-23-39(54(27-33)45(57)48-26-30-14-8-7-9-15-30)42(55)52-46-25-31(46)16-10-5-4-6-13-21-47-35-17-11-12-18-41(35)63(58,59)53-43(46)56/h7-12,14-20,22,24,28-29,31,33,39,47H,4-6,13,21,23,25-27H2,1-3H3,(H,48,57)(H,49,51)(H,52,55)(H,53,56)/b16-10-/t31-,33+,39-,46+/m0/s1. The van der Waals surface area contributed by atoms with Crippen molar-refractivity contribution in [3.63, 3.8) is 0 Å². The monoisotopic (exact) mass is 892 g/mol. The summed E-state index contributed by atoms with van der Waals surface area (Å²) in [5.41, 5.74) is 1.51. The Balaban J connectivity index is 1.09. The average molecular weight is 893 g/mol. The van der Waals surface area contributed by atoms with E-state index in [1.165, 1.54) is 22.3 Å². The molecule has 2 aliphatic heterocycles. The Hall–Kier alpha value is -6.20. The highest BCUT2D eigenvalue weighted by Gasteiger charge is 2.61. The zero-order valence-electron chi connectivity index (χ0n) is 35.4. The van der Waals surface area contributed by atoms with E-state index in [-0.39, 0.29) is 36.9 Å². The number of carbonyl (C=O) groups excluding carboxylic acids is 3. The Morgan fingerprint density at radius 1 is 1.00 bits per heavy atom. The van der Waals surface area contributed by atoms with Crippen molar-refractivity contribution in [3.05, 3.63) is 102 Å². The van der Waals surface area contributed by atoms with Crippen LogP contribution in [0.2, 0.25) is 0 Å². The number of anilines is 2. The van der Waals surface area contributed by atoms with Gasteiger partial charge in [-0.2, -0.15) is 0 Å². The van der Waals surface area contributed by atoms with E-state index >= 15 is 0 Å². The maximum Gasteiger partial charge on any atom is 0.318 e. The van der Waals surface area contributed by atoms with Crippen molar-refractivity contribution in [1.82, 2.24) is 30.2 Å². The number of urea groups is 1. The molecule has 17 heteroatoms. The van der Waals surface area contributed by atoms with Crippen LogP contribution in [0.3, 0.4) is 0 Å². The molecular formula is C46H52N8O7S2. The predicted molar refractivity (Wildman–Crippen MR) is 243 cm³/mol. The number of amides is 4. The minimum atomic E-state index is -4.35. The summed E-state index contributed by atoms with van der Waals surface area (Å²) in [6, 6.07) is 21.8. The molecule has 1 aliphatic carbocycles. The van der Waals surface area contributed by atoms with Gasteiger partial charge in [0, 0.05) is 54.4 Å². The summed E-state index contributed by atoms with van der Waals surface area (Å²) in [7, 11) is -2.77. The SMILES string of the molecule is COc1ccc2c(O[C@@H]3C[C@@H](C(=O)N[C@]45C[C@@H]4/C=C\CCCCCNc4ccccc4S(=O)(=O)NC5=O)N(C(=O)NCc4ccccc4)C3)cc(-c3csc(NC(C)C)n3)nc2c1. The molecule has 63 heavy (non-hydrogen) atoms. The molecule has 0 bridgehead atoms. The second-order valence-corrected chi connectivity index (χ2v) is 18.9. The van der Waals surface area contributed by atoms with Gasteiger partial charge in [-0.25, -0.2) is 27.9 Å². The number of likely N-dealkylation sites (tertiary alicyclic amines) is 1. The number of benzene rings is 3. The molecule has 2 fully saturated rings. The highest BCUT2D eigenvalue weighted by atomic mass is 32.2. The Labute approximate surface area is 371 Å². The zero-order chi connectivity index (χ0) is 44.1. The van der Waals surface area contributed by atoms with Gasteiger partial charge < -0.3 is 35.6 Å². The number of carbonyl (C=O) groups is 3. The lowest BCUT2D eigenvalue weighted by Gasteiger charge is -2.26. The summed E-state index contributed by atoms with van der Waals surface area (Å²) in [5.74, 6) is -0.828. The van der Waals surface area contributed by atoms with Gasteiger partial charge in [0.2, 0.25) is 5.91 Å². The fourth-order valence-corrected chi connectivity index (χ4v) is 10.2. The number of hydrogen-bond donors (Lipinski definition) is 5. The van der Waals surface area contributed by atoms with E-state index in [2.05, 4.69) is 26.0 Å². The quantitative estimate of drug-likeness (QED) is 0.0923. The van der Waals surface area contributed by atoms with Gasteiger partial charge in [0.05, 0.1) is 30.6 Å². The molecule has 8 rings (SSSR count). The van der Waals surface area contributed by atoms with E-state index in [0.717, 1.165) is 36.4 Å². The first-order valence-corrected chi connectivity index (χ1v) is 23.6. The number of nitrogens with one attached hydrogen (secondary N) is 5. The van der Waals surface area contributed by atoms with Crippen LogP contribution in [-0.2, 0) is 26.2 Å². The Morgan fingerprint density at radius 3 is 2.62 bits per heavy atom. The van der Waals surface area contributed by atoms with Crippen molar-refractivity contribution in [2.24, 2.45) is 5.92 Å². The van der Waals surface area contributed by atoms with Crippen LogP contribution in [0.25, 0.3) is 22.3 Å². The molecule has 4 amide bonds. The first kappa shape index (κ1) is 43.4. The number of nitrogens with zero attached hydrogens (tertiary/aromatic N) is 3. The molecule has 0 spiro atoms. The number of pyridine rings is 1. The van der Waals surface area contributed by atoms with Gasteiger partial charge >= 0.3 is 6.03 Å². The first-order valence-electron chi connectivity index (χ1n) is 21.3. The predicted octanol–water partition coefficient (Wildman–Crippen LogP) is 6.84. The van der Waals surface area contributed by atoms with Crippen molar-refractivity contribution in [3.8, 4) is 22.9 Å². The summed E-state index contributed by atoms with van der Waals surface area (Å²) in [6.07, 6.45) is 6.91. The topological polar surface area (TPSA) is 193 Å². The normalized spacial score (nSPS) is 22.6. The zero-order valence-corrected chi connectivity index (χ0v) is 37.1. The van der Waals surface area contributed by atoms with E-state index in [9.17, 15) is 22.8 Å². The second kappa shape index (κ2) is 18.6. The Kier molecular flexibility index (Phi) is 12.9. The van der Waals surface area contributed by atoms with Gasteiger partial charge in [-0.1, -0.05) is 61.0 Å². The maximum atomic E-state index is 14.7. The van der Waals surface area contributed by atoms with Crippen LogP contribution in [0.4, 0.5) is 15.6 Å². The lowest BCUT2D eigenvalue weighted by atomic mass is 10.1. The summed E-state index contributed by atoms with van der Waals surface area (Å²) < 4.78 is 42.2. The molecule has 4 heterocycles. The van der Waals surface area contributed by atoms with Crippen LogP contribution in [0, 0.1) is 5.92 Å². The lowest BCUT2D eigenvalue weighted by Crippen LogP contribution is -2.57. The summed E-state index contributed by atoms with van der Waals surface area (Å²) in [6.45, 7) is 4.90. The van der Waals surface area contributed by atoms with Gasteiger partial charge in [-0.05, 0) is 69.4 Å². The van der Waals surface area contributed by atoms with Crippen molar-refractivity contribution < 1.29 is 32.3 Å². The van der Waals surface area contributed by atoms with Gasteiger partial charge in [-0.3, -0.25) is 9.59 Å². The summed E-state index contributed by atoms with van der Waals surface area (Å²) in [4.78, 5) is 54.0. The number of allylic oxidation sites excluding steroid dienone is 1. The molecule has 1 saturated heterocycles. The molecule has 2 aromatic heterocycles. The number of hydrogen-bond acceptors (Lipinski definition) is 12. The van der Waals surface area contributed by atoms with Crippen molar-refractivity contribution in [2.45, 2.75) is 87.5 Å². The fraction of sp³-hybridized carbons (Fsp3) is 0.370. The van der Waals surface area contributed by atoms with Crippen LogP contribution >= 0.6 is 11.3 Å². The van der Waals surface area contributed by atoms with Crippen LogP contribution in [0.5, 0.6) is 11.5 Å². The minimum absolute atomic E-state index is 0.0356. The molecule has 15 nitrogen and oxygen atoms in total. The molecule has 5 aromatic rings. The molecule has 0 radical (unpaired) electrons. The minimum Gasteiger partial charge on any atom is -0.497 e. The molecule has 1 saturated carbocycles. The van der Waals surface area contributed by atoms with Crippen molar-refractivity contribution >= 4 is 60.9 Å². The number of aromatic nitrogens is 2. The first-order chi connectivity index (χ1) is 30.4. The van der Waals surface area contributed by atoms with Crippen LogP contribution in [0.1, 0.15) is 57.9 Å². The number of ether oxygens (including phenoxy) is 2. The number of para-hydroxylation sites is 1. The van der Waals surface area contributed by atoms with Crippen molar-refractivity contribution in [2.75, 3.05) is 30.8 Å². The third-order valence-corrected chi connectivity index (χ3v) is 13.6. The highest BCUT2D eigenvalue weighted by molar-refractivity contribution is 7.90. The highest BCUT2D eigenvalue weighted by Crippen LogP contribution is 2.46. The number of fused-ring (bicyclic) bond motifs is 3. The van der Waals surface area contributed by atoms with Crippen LogP contribution < -0.4 is 35.5 Å². The molecule has 3 aliphatic rings. The van der Waals surface area contributed by atoms with Gasteiger partial charge in [0.15, 0.2) is 5.13 Å². The van der Waals surface area contributed by atoms with E-state index in [1.807, 2.05) is 86.0 Å². The Morgan fingerprint density at radius 2 is 1.81 bits per heavy atom. The summed E-state index contributed by atoms with van der Waals surface area (Å²) in [5, 5.41) is 15.8. The molecule has 330 valence electrons. The second-order valence-electron chi connectivity index (χ2n) is 16.4. The van der Waals surface area contributed by atoms with E-state index < -0.39 is 51.5 Å². The van der Waals surface area contributed by atoms with Gasteiger partial charge in [-0.15, -0.1) is 11.3 Å². The molecule has 0 unspecified atom stereocenters. The van der Waals surface area contributed by atoms with Gasteiger partial charge in [0.25, 0.3) is 15.9 Å². The third-order valence-electron chi connectivity index (χ3n) is 11.5. The van der Waals surface area contributed by atoms with Gasteiger partial charge in [0.1, 0.15) is 39.8 Å². The molecule has 3 aromatic carbocycles. The summed E-state index contributed by atoms with van der Waals surface area (Å²) >= 11 is 1.47. The van der Waals surface area contributed by atoms with E-state index in [1.54, 1.807) is 25.3 Å². The molecule has 5 N–H and O–H groups in total. The third kappa shape index (κ3) is 9.89. The van der Waals surface area contributed by atoms with Crippen molar-refractivity contribution in [1.29, 1.82) is 0 Å². The van der Waals surface area contributed by atoms with Crippen LogP contribution in [0.15, 0.2) is 101 Å². The number of methoxy groups -OCH3 is 1. The van der Waals surface area contributed by atoms with E-state index in [4.69, 9.17) is 19.4 Å². The smallest absolute Gasteiger partial charge is 0.318 e. The largest absolute Gasteiger partial charge is 0.497 e. The maximum absolute atomic E-state index is 14.7. The number of thiazole rings is 1. The molecular weight excluding hydrogens is 841 g/mol. The number of sulfonamides is 1. The van der Waals surface area contributed by atoms with E-state index in [0.29, 0.717) is 46.0 Å². The molecule has 4 atom stereocenters.